The molecule has 2 atom stereocenters. The van der Waals surface area contributed by atoms with E-state index in [0.29, 0.717) is 11.9 Å². The Hall–Kier alpha value is -1.91. The van der Waals surface area contributed by atoms with Gasteiger partial charge in [0.05, 0.1) is 5.92 Å². The van der Waals surface area contributed by atoms with Crippen molar-refractivity contribution in [2.45, 2.75) is 41.5 Å². The third-order valence-electron chi connectivity index (χ3n) is 3.99. The normalized spacial score (nSPS) is 22.4. The molecule has 1 aromatic rings. The molecule has 0 unspecified atom stereocenters. The minimum atomic E-state index is -0.00902. The third kappa shape index (κ3) is 3.40. The van der Waals surface area contributed by atoms with Crippen LogP contribution in [0.5, 0.6) is 0 Å². The molecule has 0 bridgehead atoms. The van der Waals surface area contributed by atoms with Crippen LogP contribution in [0.2, 0.25) is 0 Å². The van der Waals surface area contributed by atoms with Crippen LogP contribution >= 0.6 is 0 Å². The Morgan fingerprint density at radius 1 is 1.24 bits per heavy atom. The highest BCUT2D eigenvalue weighted by molar-refractivity contribution is 5.84. The van der Waals surface area contributed by atoms with Gasteiger partial charge in [-0.15, -0.1) is 0 Å². The van der Waals surface area contributed by atoms with E-state index in [1.165, 1.54) is 5.57 Å². The van der Waals surface area contributed by atoms with Crippen molar-refractivity contribution in [2.75, 3.05) is 5.43 Å². The minimum Gasteiger partial charge on any atom is -0.273 e. The highest BCUT2D eigenvalue weighted by atomic mass is 16.2. The number of anilines is 1. The zero-order chi connectivity index (χ0) is 15.8. The lowest BCUT2D eigenvalue weighted by Gasteiger charge is -2.08. The van der Waals surface area contributed by atoms with Crippen LogP contribution in [-0.2, 0) is 4.79 Å². The largest absolute Gasteiger partial charge is 0.273 e. The fourth-order valence-electron chi connectivity index (χ4n) is 2.83. The molecule has 0 aliphatic heterocycles. The van der Waals surface area contributed by atoms with Crippen LogP contribution in [0.4, 0.5) is 5.95 Å². The van der Waals surface area contributed by atoms with Gasteiger partial charge in [-0.2, -0.15) is 0 Å². The van der Waals surface area contributed by atoms with Gasteiger partial charge in [0.2, 0.25) is 11.9 Å². The van der Waals surface area contributed by atoms with Crippen LogP contribution in [0.1, 0.15) is 39.1 Å². The van der Waals surface area contributed by atoms with Crippen molar-refractivity contribution in [2.24, 2.45) is 17.3 Å². The summed E-state index contributed by atoms with van der Waals surface area (Å²) < 4.78 is 0. The summed E-state index contributed by atoms with van der Waals surface area (Å²) in [5.74, 6) is 0.707. The van der Waals surface area contributed by atoms with E-state index in [1.54, 1.807) is 0 Å². The molecule has 1 amide bonds. The number of hydrogen-bond donors (Lipinski definition) is 2. The summed E-state index contributed by atoms with van der Waals surface area (Å²) in [4.78, 5) is 20.8. The predicted molar refractivity (Wildman–Crippen MR) is 83.5 cm³/mol. The molecular weight excluding hydrogens is 264 g/mol. The van der Waals surface area contributed by atoms with Gasteiger partial charge >= 0.3 is 0 Å². The maximum absolute atomic E-state index is 12.3. The maximum Gasteiger partial charge on any atom is 0.242 e. The van der Waals surface area contributed by atoms with Crippen LogP contribution in [-0.4, -0.2) is 15.9 Å². The number of amides is 1. The molecule has 1 fully saturated rings. The van der Waals surface area contributed by atoms with Gasteiger partial charge in [-0.3, -0.25) is 15.6 Å². The average Bonchev–Trinajstić information content (AvgIpc) is 2.85. The molecule has 0 spiro atoms. The fraction of sp³-hybridized carbons (Fsp3) is 0.562. The van der Waals surface area contributed by atoms with Gasteiger partial charge < -0.3 is 0 Å². The van der Waals surface area contributed by atoms with Crippen molar-refractivity contribution in [1.29, 1.82) is 0 Å². The maximum atomic E-state index is 12.3. The quantitative estimate of drug-likeness (QED) is 0.660. The van der Waals surface area contributed by atoms with Crippen molar-refractivity contribution in [3.8, 4) is 0 Å². The van der Waals surface area contributed by atoms with Gasteiger partial charge in [0.1, 0.15) is 0 Å². The lowest BCUT2D eigenvalue weighted by molar-refractivity contribution is -0.122. The SMILES string of the molecule is CC(C)=C[C@@H]1[C@@H](C(=O)NNc2nc(C)cc(C)n2)C1(C)C. The average molecular weight is 288 g/mol. The molecule has 1 aliphatic rings. The molecule has 21 heavy (non-hydrogen) atoms. The van der Waals surface area contributed by atoms with Crippen LogP contribution in [0.25, 0.3) is 0 Å². The summed E-state index contributed by atoms with van der Waals surface area (Å²) in [7, 11) is 0. The highest BCUT2D eigenvalue weighted by Gasteiger charge is 2.60. The molecule has 1 heterocycles. The number of nitrogens with one attached hydrogen (secondary N) is 2. The van der Waals surface area contributed by atoms with Crippen LogP contribution in [0, 0.1) is 31.1 Å². The lowest BCUT2D eigenvalue weighted by atomic mass is 10.1. The monoisotopic (exact) mass is 288 g/mol. The molecule has 2 N–H and O–H groups in total. The second kappa shape index (κ2) is 5.47. The molecule has 1 aliphatic carbocycles. The predicted octanol–water partition coefficient (Wildman–Crippen LogP) is 2.77. The Bertz CT molecular complexity index is 568. The van der Waals surface area contributed by atoms with Gasteiger partial charge in [0, 0.05) is 11.4 Å². The number of hydrogen-bond acceptors (Lipinski definition) is 4. The van der Waals surface area contributed by atoms with E-state index in [9.17, 15) is 4.79 Å². The van der Waals surface area contributed by atoms with E-state index in [2.05, 4.69) is 54.6 Å². The molecule has 0 aromatic carbocycles. The van der Waals surface area contributed by atoms with Crippen molar-refractivity contribution in [3.63, 3.8) is 0 Å². The molecule has 0 radical (unpaired) electrons. The number of aryl methyl sites for hydroxylation is 2. The Balaban J connectivity index is 1.98. The Kier molecular flexibility index (Phi) is 4.03. The van der Waals surface area contributed by atoms with Gasteiger partial charge in [-0.05, 0) is 45.1 Å². The van der Waals surface area contributed by atoms with Crippen molar-refractivity contribution < 1.29 is 4.79 Å². The molecule has 2 rings (SSSR count). The second-order valence-electron chi connectivity index (χ2n) is 6.66. The summed E-state index contributed by atoms with van der Waals surface area (Å²) in [6.07, 6.45) is 2.18. The van der Waals surface area contributed by atoms with Crippen molar-refractivity contribution in [1.82, 2.24) is 15.4 Å². The van der Waals surface area contributed by atoms with Gasteiger partial charge in [0.15, 0.2) is 0 Å². The summed E-state index contributed by atoms with van der Waals surface area (Å²) >= 11 is 0. The first-order valence-corrected chi connectivity index (χ1v) is 7.25. The minimum absolute atomic E-state index is 0.00636. The third-order valence-corrected chi connectivity index (χ3v) is 3.99. The van der Waals surface area contributed by atoms with Gasteiger partial charge in [-0.1, -0.05) is 25.5 Å². The Labute approximate surface area is 126 Å². The first-order chi connectivity index (χ1) is 9.71. The van der Waals surface area contributed by atoms with Gasteiger partial charge in [-0.25, -0.2) is 9.97 Å². The Morgan fingerprint density at radius 2 is 1.81 bits per heavy atom. The number of rotatable bonds is 4. The zero-order valence-electron chi connectivity index (χ0n) is 13.6. The van der Waals surface area contributed by atoms with E-state index in [-0.39, 0.29) is 17.2 Å². The van der Waals surface area contributed by atoms with Crippen LogP contribution in [0.15, 0.2) is 17.7 Å². The number of allylic oxidation sites excluding steroid dienone is 2. The lowest BCUT2D eigenvalue weighted by Crippen LogP contribution is -2.33. The van der Waals surface area contributed by atoms with E-state index in [4.69, 9.17) is 0 Å². The molecule has 114 valence electrons. The second-order valence-corrected chi connectivity index (χ2v) is 6.66. The van der Waals surface area contributed by atoms with E-state index < -0.39 is 0 Å². The summed E-state index contributed by atoms with van der Waals surface area (Å²) in [6.45, 7) is 12.2. The van der Waals surface area contributed by atoms with Crippen molar-refractivity contribution >= 4 is 11.9 Å². The Morgan fingerprint density at radius 3 is 2.33 bits per heavy atom. The smallest absolute Gasteiger partial charge is 0.242 e. The molecule has 5 heteroatoms. The standard InChI is InChI=1S/C16H24N4O/c1-9(2)7-12-13(16(12,5)6)14(21)19-20-15-17-10(3)8-11(4)18-15/h7-8,12-13H,1-6H3,(H,19,21)(H,17,18,20)/t12-,13+/m1/s1. The number of hydrazine groups is 1. The molecule has 5 nitrogen and oxygen atoms in total. The molecule has 1 aromatic heterocycles. The fourth-order valence-corrected chi connectivity index (χ4v) is 2.83. The highest BCUT2D eigenvalue weighted by Crippen LogP contribution is 2.59. The van der Waals surface area contributed by atoms with Crippen molar-refractivity contribution in [3.05, 3.63) is 29.1 Å². The van der Waals surface area contributed by atoms with E-state index in [1.807, 2.05) is 19.9 Å². The molecule has 1 saturated carbocycles. The van der Waals surface area contributed by atoms with Crippen LogP contribution in [0.3, 0.4) is 0 Å². The number of carbonyl (C=O) groups excluding carboxylic acids is 1. The van der Waals surface area contributed by atoms with Crippen LogP contribution < -0.4 is 10.9 Å². The first-order valence-electron chi connectivity index (χ1n) is 7.25. The van der Waals surface area contributed by atoms with E-state index >= 15 is 0 Å². The summed E-state index contributed by atoms with van der Waals surface area (Å²) in [5.41, 5.74) is 8.54. The number of carbonyl (C=O) groups is 1. The molecular formula is C16H24N4O. The summed E-state index contributed by atoms with van der Waals surface area (Å²) in [5, 5.41) is 0. The topological polar surface area (TPSA) is 66.9 Å². The number of aromatic nitrogens is 2. The summed E-state index contributed by atoms with van der Waals surface area (Å²) in [6, 6.07) is 1.89. The molecule has 0 saturated heterocycles. The first kappa shape index (κ1) is 15.5. The zero-order valence-corrected chi connectivity index (χ0v) is 13.6. The number of nitrogens with zero attached hydrogens (tertiary/aromatic N) is 2. The van der Waals surface area contributed by atoms with E-state index in [0.717, 1.165) is 11.4 Å². The van der Waals surface area contributed by atoms with Gasteiger partial charge in [0.25, 0.3) is 0 Å².